The smallest absolute Gasteiger partial charge is 0.326 e. The third-order valence-electron chi connectivity index (χ3n) is 1.96. The van der Waals surface area contributed by atoms with Gasteiger partial charge in [-0.3, -0.25) is 4.79 Å². The second-order valence-corrected chi connectivity index (χ2v) is 3.28. The van der Waals surface area contributed by atoms with E-state index < -0.39 is 12.0 Å². The van der Waals surface area contributed by atoms with Crippen molar-refractivity contribution in [1.29, 1.82) is 0 Å². The molecule has 0 radical (unpaired) electrons. The van der Waals surface area contributed by atoms with E-state index in [0.29, 0.717) is 6.42 Å². The molecule has 1 atom stereocenters. The van der Waals surface area contributed by atoms with Gasteiger partial charge in [0, 0.05) is 6.42 Å². The SMILES string of the molecule is BC(=O)N[C@H](Cc1ccccc1)C(=O)O. The van der Waals surface area contributed by atoms with Crippen molar-refractivity contribution in [3.8, 4) is 0 Å². The van der Waals surface area contributed by atoms with Gasteiger partial charge in [0.1, 0.15) is 6.04 Å². The molecule has 15 heavy (non-hydrogen) atoms. The second-order valence-electron chi connectivity index (χ2n) is 3.28. The van der Waals surface area contributed by atoms with Gasteiger partial charge in [0.05, 0.1) is 0 Å². The molecule has 1 rings (SSSR count). The Hall–Kier alpha value is -1.78. The molecule has 0 spiro atoms. The number of nitrogens with one attached hydrogen (secondary N) is 1. The van der Waals surface area contributed by atoms with Gasteiger partial charge in [-0.05, 0) is 5.56 Å². The van der Waals surface area contributed by atoms with Gasteiger partial charge in [-0.15, -0.1) is 0 Å². The Kier molecular flexibility index (Phi) is 3.91. The zero-order chi connectivity index (χ0) is 11.3. The lowest BCUT2D eigenvalue weighted by molar-refractivity contribution is -0.139. The van der Waals surface area contributed by atoms with Crippen molar-refractivity contribution in [3.05, 3.63) is 35.9 Å². The van der Waals surface area contributed by atoms with Crippen LogP contribution in [0.15, 0.2) is 30.3 Å². The molecule has 78 valence electrons. The maximum atomic E-state index is 10.8. The van der Waals surface area contributed by atoms with Crippen LogP contribution >= 0.6 is 0 Å². The van der Waals surface area contributed by atoms with Crippen molar-refractivity contribution >= 4 is 19.6 Å². The first kappa shape index (κ1) is 11.3. The van der Waals surface area contributed by atoms with Crippen LogP contribution in [0.1, 0.15) is 5.56 Å². The summed E-state index contributed by atoms with van der Waals surface area (Å²) in [6.45, 7) is 0. The monoisotopic (exact) mass is 205 g/mol. The number of carboxylic acid groups (broad SMARTS) is 1. The number of amides is 1. The molecule has 2 N–H and O–H groups in total. The van der Waals surface area contributed by atoms with E-state index in [4.69, 9.17) is 5.11 Å². The van der Waals surface area contributed by atoms with Gasteiger partial charge >= 0.3 is 5.97 Å². The molecule has 0 aliphatic rings. The highest BCUT2D eigenvalue weighted by Crippen LogP contribution is 2.03. The predicted octanol–water partition coefficient (Wildman–Crippen LogP) is 0.0250. The van der Waals surface area contributed by atoms with E-state index in [-0.39, 0.29) is 5.81 Å². The lowest BCUT2D eigenvalue weighted by atomic mass is 10.0. The third-order valence-corrected chi connectivity index (χ3v) is 1.96. The molecular formula is C10H12BNO3. The summed E-state index contributed by atoms with van der Waals surface area (Å²) in [7, 11) is 1.31. The second kappa shape index (κ2) is 5.19. The van der Waals surface area contributed by atoms with Crippen molar-refractivity contribution < 1.29 is 14.7 Å². The highest BCUT2D eigenvalue weighted by atomic mass is 16.4. The molecule has 0 aliphatic carbocycles. The summed E-state index contributed by atoms with van der Waals surface area (Å²) >= 11 is 0. The molecular weight excluding hydrogens is 193 g/mol. The van der Waals surface area contributed by atoms with Gasteiger partial charge in [-0.25, -0.2) is 4.79 Å². The van der Waals surface area contributed by atoms with E-state index in [2.05, 4.69) is 5.32 Å². The van der Waals surface area contributed by atoms with Crippen molar-refractivity contribution in [2.24, 2.45) is 0 Å². The summed E-state index contributed by atoms with van der Waals surface area (Å²) in [6.07, 6.45) is 0.301. The largest absolute Gasteiger partial charge is 0.480 e. The number of hydrogen-bond acceptors (Lipinski definition) is 2. The maximum absolute atomic E-state index is 10.8. The minimum atomic E-state index is -1.02. The average molecular weight is 205 g/mol. The standard InChI is InChI=1S/C10H12BNO3/c11-10(15)12-8(9(13)14)6-7-4-2-1-3-5-7/h1-5,8H,6,11H2,(H,12,15)(H,13,14)/t8-/m1/s1. The molecule has 0 aromatic heterocycles. The first-order valence-electron chi connectivity index (χ1n) is 4.63. The Balaban J connectivity index is 2.67. The van der Waals surface area contributed by atoms with E-state index in [1.807, 2.05) is 30.3 Å². The van der Waals surface area contributed by atoms with Crippen LogP contribution in [0.3, 0.4) is 0 Å². The number of carbonyl (C=O) groups is 2. The minimum absolute atomic E-state index is 0.301. The normalized spacial score (nSPS) is 11.7. The average Bonchev–Trinajstić information content (AvgIpc) is 2.17. The molecule has 0 fully saturated rings. The predicted molar refractivity (Wildman–Crippen MR) is 58.6 cm³/mol. The number of benzene rings is 1. The molecule has 5 heteroatoms. The number of carbonyl (C=O) groups excluding carboxylic acids is 1. The third kappa shape index (κ3) is 3.85. The van der Waals surface area contributed by atoms with Crippen LogP contribution in [-0.4, -0.2) is 30.8 Å². The lowest BCUT2D eigenvalue weighted by Crippen LogP contribution is -2.41. The van der Waals surface area contributed by atoms with Gasteiger partial charge in [-0.2, -0.15) is 0 Å². The van der Waals surface area contributed by atoms with Crippen LogP contribution in [0.25, 0.3) is 0 Å². The van der Waals surface area contributed by atoms with Gasteiger partial charge in [-0.1, -0.05) is 30.3 Å². The number of carboxylic acids is 1. The van der Waals surface area contributed by atoms with Gasteiger partial charge < -0.3 is 10.4 Å². The summed E-state index contributed by atoms with van der Waals surface area (Å²) in [4.78, 5) is 21.6. The molecule has 1 amide bonds. The van der Waals surface area contributed by atoms with E-state index in [1.165, 1.54) is 7.85 Å². The number of aliphatic carboxylic acids is 1. The summed E-state index contributed by atoms with van der Waals surface area (Å²) in [5, 5.41) is 11.3. The quantitative estimate of drug-likeness (QED) is 0.681. The Morgan fingerprint density at radius 3 is 2.40 bits per heavy atom. The lowest BCUT2D eigenvalue weighted by Gasteiger charge is -2.13. The Morgan fingerprint density at radius 2 is 1.93 bits per heavy atom. The molecule has 0 heterocycles. The maximum Gasteiger partial charge on any atom is 0.326 e. The molecule has 0 saturated carbocycles. The summed E-state index contributed by atoms with van der Waals surface area (Å²) < 4.78 is 0. The Labute approximate surface area is 88.7 Å². The summed E-state index contributed by atoms with van der Waals surface area (Å²) in [5.74, 6) is -1.35. The fourth-order valence-corrected chi connectivity index (χ4v) is 1.30. The van der Waals surface area contributed by atoms with Crippen molar-refractivity contribution in [2.75, 3.05) is 0 Å². The van der Waals surface area contributed by atoms with Crippen molar-refractivity contribution in [3.63, 3.8) is 0 Å². The van der Waals surface area contributed by atoms with E-state index >= 15 is 0 Å². The van der Waals surface area contributed by atoms with Crippen LogP contribution in [0.4, 0.5) is 4.79 Å². The molecule has 1 aromatic carbocycles. The van der Waals surface area contributed by atoms with Crippen molar-refractivity contribution in [2.45, 2.75) is 12.5 Å². The zero-order valence-corrected chi connectivity index (χ0v) is 8.43. The van der Waals surface area contributed by atoms with Crippen LogP contribution < -0.4 is 5.32 Å². The van der Waals surface area contributed by atoms with Crippen LogP contribution in [0.2, 0.25) is 0 Å². The highest BCUT2D eigenvalue weighted by molar-refractivity contribution is 6.57. The van der Waals surface area contributed by atoms with E-state index in [9.17, 15) is 9.59 Å². The van der Waals surface area contributed by atoms with Crippen LogP contribution in [-0.2, 0) is 11.2 Å². The van der Waals surface area contributed by atoms with Gasteiger partial charge in [0.15, 0.2) is 5.81 Å². The van der Waals surface area contributed by atoms with Crippen LogP contribution in [0, 0.1) is 0 Å². The molecule has 0 saturated heterocycles. The van der Waals surface area contributed by atoms with Gasteiger partial charge in [0.25, 0.3) is 0 Å². The first-order valence-corrected chi connectivity index (χ1v) is 4.63. The Bertz CT molecular complexity index is 353. The molecule has 4 nitrogen and oxygen atoms in total. The fourth-order valence-electron chi connectivity index (χ4n) is 1.30. The van der Waals surface area contributed by atoms with E-state index in [1.54, 1.807) is 0 Å². The molecule has 0 bridgehead atoms. The number of rotatable bonds is 4. The zero-order valence-electron chi connectivity index (χ0n) is 8.43. The first-order chi connectivity index (χ1) is 7.09. The highest BCUT2D eigenvalue weighted by Gasteiger charge is 2.18. The van der Waals surface area contributed by atoms with Crippen molar-refractivity contribution in [1.82, 2.24) is 5.32 Å². The topological polar surface area (TPSA) is 66.4 Å². The molecule has 0 aliphatic heterocycles. The Morgan fingerprint density at radius 1 is 1.33 bits per heavy atom. The molecule has 1 aromatic rings. The van der Waals surface area contributed by atoms with Crippen LogP contribution in [0.5, 0.6) is 0 Å². The fraction of sp³-hybridized carbons (Fsp3) is 0.200. The number of hydrogen-bond donors (Lipinski definition) is 2. The summed E-state index contributed by atoms with van der Waals surface area (Å²) in [6, 6.07) is 8.34. The summed E-state index contributed by atoms with van der Waals surface area (Å²) in [5.41, 5.74) is 0.888. The molecule has 0 unspecified atom stereocenters. The van der Waals surface area contributed by atoms with E-state index in [0.717, 1.165) is 5.56 Å². The minimum Gasteiger partial charge on any atom is -0.480 e. The van der Waals surface area contributed by atoms with Gasteiger partial charge in [0.2, 0.25) is 7.85 Å².